The maximum absolute atomic E-state index is 10.4. The summed E-state index contributed by atoms with van der Waals surface area (Å²) in [6, 6.07) is -2.42. The van der Waals surface area contributed by atoms with Crippen LogP contribution in [0.3, 0.4) is 0 Å². The quantitative estimate of drug-likeness (QED) is 0.342. The smallest absolute Gasteiger partial charge is 0.320 e. The second-order valence-corrected chi connectivity index (χ2v) is 3.46. The van der Waals surface area contributed by atoms with Gasteiger partial charge in [-0.15, -0.1) is 0 Å². The molecule has 0 aromatic carbocycles. The number of hydrogen-bond donors (Lipinski definition) is 5. The lowest BCUT2D eigenvalue weighted by molar-refractivity contribution is -0.140. The molecule has 0 spiro atoms. The minimum Gasteiger partial charge on any atom is -0.480 e. The van der Waals surface area contributed by atoms with Crippen molar-refractivity contribution in [2.24, 2.45) is 17.2 Å². The Morgan fingerprint density at radius 3 is 1.80 bits per heavy atom. The van der Waals surface area contributed by atoms with Crippen molar-refractivity contribution >= 4 is 11.9 Å². The van der Waals surface area contributed by atoms with E-state index in [1.807, 2.05) is 0 Å². The van der Waals surface area contributed by atoms with E-state index < -0.39 is 30.1 Å². The molecular formula is C8H17N3O4. The fraction of sp³-hybridized carbons (Fsp3) is 0.750. The number of aliphatic carboxylic acids is 2. The van der Waals surface area contributed by atoms with Crippen LogP contribution < -0.4 is 17.2 Å². The molecule has 0 heterocycles. The molecule has 0 bridgehead atoms. The second-order valence-electron chi connectivity index (χ2n) is 3.46. The van der Waals surface area contributed by atoms with E-state index >= 15 is 0 Å². The van der Waals surface area contributed by atoms with Gasteiger partial charge in [0.1, 0.15) is 12.1 Å². The van der Waals surface area contributed by atoms with Gasteiger partial charge in [0.15, 0.2) is 0 Å². The summed E-state index contributed by atoms with van der Waals surface area (Å²) in [5.74, 6) is -2.21. The predicted octanol–water partition coefficient (Wildman–Crippen LogP) is -1.69. The highest BCUT2D eigenvalue weighted by molar-refractivity contribution is 5.73. The molecular weight excluding hydrogens is 202 g/mol. The van der Waals surface area contributed by atoms with Crippen molar-refractivity contribution in [1.82, 2.24) is 0 Å². The Morgan fingerprint density at radius 2 is 1.40 bits per heavy atom. The number of hydrogen-bond acceptors (Lipinski definition) is 5. The van der Waals surface area contributed by atoms with Gasteiger partial charge in [0.25, 0.3) is 0 Å². The van der Waals surface area contributed by atoms with Gasteiger partial charge in [-0.1, -0.05) is 0 Å². The summed E-state index contributed by atoms with van der Waals surface area (Å²) in [6.45, 7) is 0. The lowest BCUT2D eigenvalue weighted by Crippen LogP contribution is -2.38. The number of carboxylic acid groups (broad SMARTS) is 2. The van der Waals surface area contributed by atoms with Crippen LogP contribution in [0.15, 0.2) is 0 Å². The zero-order valence-corrected chi connectivity index (χ0v) is 8.30. The first-order valence-corrected chi connectivity index (χ1v) is 4.57. The van der Waals surface area contributed by atoms with Crippen molar-refractivity contribution in [2.75, 3.05) is 0 Å². The highest BCUT2D eigenvalue weighted by Crippen LogP contribution is 2.04. The molecule has 7 nitrogen and oxygen atoms in total. The predicted molar refractivity (Wildman–Crippen MR) is 53.0 cm³/mol. The van der Waals surface area contributed by atoms with Crippen LogP contribution in [0.4, 0.5) is 0 Å². The summed E-state index contributed by atoms with van der Waals surface area (Å²) in [7, 11) is 0. The monoisotopic (exact) mass is 219 g/mol. The van der Waals surface area contributed by atoms with Gasteiger partial charge in [0, 0.05) is 6.04 Å². The molecule has 7 heteroatoms. The Labute approximate surface area is 87.2 Å². The van der Waals surface area contributed by atoms with Crippen molar-refractivity contribution in [3.63, 3.8) is 0 Å². The summed E-state index contributed by atoms with van der Waals surface area (Å²) >= 11 is 0. The molecule has 0 aromatic rings. The van der Waals surface area contributed by atoms with Gasteiger partial charge in [-0.25, -0.2) is 0 Å². The zero-order chi connectivity index (χ0) is 12.0. The van der Waals surface area contributed by atoms with Gasteiger partial charge in [-0.2, -0.15) is 0 Å². The molecule has 0 fully saturated rings. The van der Waals surface area contributed by atoms with Crippen molar-refractivity contribution < 1.29 is 19.8 Å². The minimum absolute atomic E-state index is 0.113. The molecule has 0 saturated heterocycles. The third kappa shape index (κ3) is 6.00. The topological polar surface area (TPSA) is 153 Å². The molecule has 0 aromatic heterocycles. The lowest BCUT2D eigenvalue weighted by atomic mass is 10.0. The van der Waals surface area contributed by atoms with Crippen LogP contribution in [0.25, 0.3) is 0 Å². The summed E-state index contributed by atoms with van der Waals surface area (Å²) in [6.07, 6.45) is 0.666. The molecule has 0 amide bonds. The number of rotatable bonds is 7. The Hall–Kier alpha value is -1.18. The van der Waals surface area contributed by atoms with E-state index in [9.17, 15) is 9.59 Å². The Balaban J connectivity index is 3.79. The van der Waals surface area contributed by atoms with Crippen LogP contribution in [-0.2, 0) is 9.59 Å². The number of carboxylic acids is 2. The molecule has 8 N–H and O–H groups in total. The lowest BCUT2D eigenvalue weighted by Gasteiger charge is -2.15. The first-order chi connectivity index (χ1) is 6.84. The molecule has 15 heavy (non-hydrogen) atoms. The van der Waals surface area contributed by atoms with Crippen LogP contribution in [0.1, 0.15) is 19.3 Å². The van der Waals surface area contributed by atoms with Crippen LogP contribution in [-0.4, -0.2) is 40.3 Å². The van der Waals surface area contributed by atoms with E-state index in [0.29, 0.717) is 6.42 Å². The standard InChI is InChI=1S/C8H17N3O4/c9-4(3-6(11)8(14)15)1-2-5(10)7(12)13/h4-6H,1-3,9-11H2,(H,12,13)(H,14,15). The fourth-order valence-electron chi connectivity index (χ4n) is 1.06. The van der Waals surface area contributed by atoms with E-state index in [0.717, 1.165) is 0 Å². The molecule has 0 aliphatic heterocycles. The Morgan fingerprint density at radius 1 is 0.933 bits per heavy atom. The summed E-state index contributed by atoms with van der Waals surface area (Å²) in [5.41, 5.74) is 16.1. The van der Waals surface area contributed by atoms with Crippen LogP contribution in [0.2, 0.25) is 0 Å². The van der Waals surface area contributed by atoms with Crippen LogP contribution in [0.5, 0.6) is 0 Å². The van der Waals surface area contributed by atoms with Crippen molar-refractivity contribution in [3.8, 4) is 0 Å². The minimum atomic E-state index is -1.12. The maximum atomic E-state index is 10.4. The first kappa shape index (κ1) is 13.8. The second kappa shape index (κ2) is 6.33. The highest BCUT2D eigenvalue weighted by Gasteiger charge is 2.18. The van der Waals surface area contributed by atoms with Gasteiger partial charge in [-0.3, -0.25) is 9.59 Å². The van der Waals surface area contributed by atoms with E-state index in [1.165, 1.54) is 0 Å². The highest BCUT2D eigenvalue weighted by atomic mass is 16.4. The van der Waals surface area contributed by atoms with Crippen molar-refractivity contribution in [2.45, 2.75) is 37.4 Å². The molecule has 0 aliphatic rings. The normalized spacial score (nSPS) is 16.7. The molecule has 3 atom stereocenters. The Kier molecular flexibility index (Phi) is 5.83. The molecule has 0 radical (unpaired) electrons. The van der Waals surface area contributed by atoms with E-state index in [2.05, 4.69) is 0 Å². The molecule has 0 saturated carbocycles. The molecule has 88 valence electrons. The molecule has 0 rings (SSSR count). The zero-order valence-electron chi connectivity index (χ0n) is 8.30. The molecule has 3 unspecified atom stereocenters. The average molecular weight is 219 g/mol. The first-order valence-electron chi connectivity index (χ1n) is 4.57. The van der Waals surface area contributed by atoms with Gasteiger partial charge in [0.05, 0.1) is 0 Å². The maximum Gasteiger partial charge on any atom is 0.320 e. The van der Waals surface area contributed by atoms with E-state index in [4.69, 9.17) is 27.4 Å². The fourth-order valence-corrected chi connectivity index (χ4v) is 1.06. The summed E-state index contributed by atoms with van der Waals surface area (Å²) in [5, 5.41) is 17.0. The van der Waals surface area contributed by atoms with Gasteiger partial charge in [0.2, 0.25) is 0 Å². The third-order valence-corrected chi connectivity index (χ3v) is 2.04. The largest absolute Gasteiger partial charge is 0.480 e. The van der Waals surface area contributed by atoms with Crippen molar-refractivity contribution in [1.29, 1.82) is 0 Å². The van der Waals surface area contributed by atoms with Gasteiger partial charge < -0.3 is 27.4 Å². The average Bonchev–Trinajstić information content (AvgIpc) is 2.13. The van der Waals surface area contributed by atoms with Crippen LogP contribution >= 0.6 is 0 Å². The van der Waals surface area contributed by atoms with Crippen LogP contribution in [0, 0.1) is 0 Å². The van der Waals surface area contributed by atoms with E-state index in [1.54, 1.807) is 0 Å². The summed E-state index contributed by atoms with van der Waals surface area (Å²) < 4.78 is 0. The van der Waals surface area contributed by atoms with E-state index in [-0.39, 0.29) is 12.8 Å². The number of nitrogens with two attached hydrogens (primary N) is 3. The molecule has 0 aliphatic carbocycles. The van der Waals surface area contributed by atoms with Gasteiger partial charge >= 0.3 is 11.9 Å². The summed E-state index contributed by atoms with van der Waals surface area (Å²) in [4.78, 5) is 20.7. The number of carbonyl (C=O) groups is 2. The third-order valence-electron chi connectivity index (χ3n) is 2.04. The van der Waals surface area contributed by atoms with Crippen molar-refractivity contribution in [3.05, 3.63) is 0 Å². The Bertz CT molecular complexity index is 234. The SMILES string of the molecule is NC(CCC(N)C(=O)O)CC(N)C(=O)O. The van der Waals surface area contributed by atoms with Gasteiger partial charge in [-0.05, 0) is 19.3 Å².